The molecule has 2 aromatic carbocycles. The van der Waals surface area contributed by atoms with E-state index in [-0.39, 0.29) is 11.5 Å². The van der Waals surface area contributed by atoms with Crippen molar-refractivity contribution in [3.63, 3.8) is 0 Å². The zero-order valence-corrected chi connectivity index (χ0v) is 13.0. The maximum absolute atomic E-state index is 11.7. The summed E-state index contributed by atoms with van der Waals surface area (Å²) in [6, 6.07) is 12.0. The number of benzene rings is 2. The van der Waals surface area contributed by atoms with E-state index in [4.69, 9.17) is 0 Å². The molecule has 0 aliphatic heterocycles. The van der Waals surface area contributed by atoms with Gasteiger partial charge in [-0.05, 0) is 30.2 Å². The molecule has 2 aromatic rings. The fourth-order valence-electron chi connectivity index (χ4n) is 2.03. The average molecular weight is 322 g/mol. The van der Waals surface area contributed by atoms with Gasteiger partial charge < -0.3 is 10.2 Å². The van der Waals surface area contributed by atoms with Crippen LogP contribution in [0, 0.1) is 0 Å². The number of nitrogens with one attached hydrogen (secondary N) is 1. The number of aromatic hydroxyl groups is 2. The predicted octanol–water partition coefficient (Wildman–Crippen LogP) is 2.99. The molecule has 3 N–H and O–H groups in total. The number of rotatable bonds is 6. The molecule has 5 heteroatoms. The zero-order valence-electron chi connectivity index (χ0n) is 13.0. The monoisotopic (exact) mass is 322 g/mol. The smallest absolute Gasteiger partial charge is 0.264 e. The maximum atomic E-state index is 11.7. The van der Waals surface area contributed by atoms with E-state index in [9.17, 15) is 15.0 Å². The lowest BCUT2D eigenvalue weighted by Crippen LogP contribution is -2.14. The van der Waals surface area contributed by atoms with Gasteiger partial charge in [-0.25, -0.2) is 5.43 Å². The summed E-state index contributed by atoms with van der Waals surface area (Å²) in [6.45, 7) is 3.64. The molecule has 0 saturated carbocycles. The first kappa shape index (κ1) is 17.0. The van der Waals surface area contributed by atoms with Crippen LogP contribution in [0.1, 0.15) is 16.7 Å². The highest BCUT2D eigenvalue weighted by Gasteiger charge is 2.03. The molecule has 0 radical (unpaired) electrons. The van der Waals surface area contributed by atoms with Crippen LogP contribution in [-0.4, -0.2) is 22.3 Å². The molecule has 0 fully saturated rings. The fourth-order valence-corrected chi connectivity index (χ4v) is 2.03. The first-order chi connectivity index (χ1) is 11.6. The van der Waals surface area contributed by atoms with Crippen molar-refractivity contribution in [1.29, 1.82) is 0 Å². The lowest BCUT2D eigenvalue weighted by Gasteiger charge is -2.04. The lowest BCUT2D eigenvalue weighted by molar-refractivity contribution is -0.116. The van der Waals surface area contributed by atoms with E-state index >= 15 is 0 Å². The van der Waals surface area contributed by atoms with Crippen molar-refractivity contribution in [3.05, 3.63) is 77.9 Å². The van der Waals surface area contributed by atoms with Gasteiger partial charge in [0.25, 0.3) is 5.91 Å². The maximum Gasteiger partial charge on any atom is 0.264 e. The molecule has 0 unspecified atom stereocenters. The molecular formula is C19H18N2O3. The van der Waals surface area contributed by atoms with Gasteiger partial charge in [0.15, 0.2) is 0 Å². The molecule has 0 heterocycles. The van der Waals surface area contributed by atoms with E-state index in [1.165, 1.54) is 24.4 Å². The zero-order chi connectivity index (χ0) is 17.4. The van der Waals surface area contributed by atoms with E-state index in [1.807, 2.05) is 0 Å². The van der Waals surface area contributed by atoms with Gasteiger partial charge in [0, 0.05) is 17.2 Å². The van der Waals surface area contributed by atoms with Crippen LogP contribution < -0.4 is 5.43 Å². The van der Waals surface area contributed by atoms with Crippen molar-refractivity contribution < 1.29 is 15.0 Å². The van der Waals surface area contributed by atoms with Gasteiger partial charge in [-0.15, -0.1) is 6.58 Å². The number of hydrazone groups is 1. The summed E-state index contributed by atoms with van der Waals surface area (Å²) in [7, 11) is 0. The van der Waals surface area contributed by atoms with Crippen LogP contribution in [0.25, 0.3) is 6.08 Å². The molecule has 1 amide bonds. The highest BCUT2D eigenvalue weighted by atomic mass is 16.3. The van der Waals surface area contributed by atoms with Gasteiger partial charge in [-0.3, -0.25) is 4.79 Å². The second-order valence-corrected chi connectivity index (χ2v) is 4.97. The molecule has 0 aliphatic rings. The summed E-state index contributed by atoms with van der Waals surface area (Å²) in [5, 5.41) is 23.5. The van der Waals surface area contributed by atoms with E-state index in [0.29, 0.717) is 17.5 Å². The summed E-state index contributed by atoms with van der Waals surface area (Å²) >= 11 is 0. The third-order valence-electron chi connectivity index (χ3n) is 3.24. The summed E-state index contributed by atoms with van der Waals surface area (Å²) in [5.74, 6) is -0.245. The van der Waals surface area contributed by atoms with E-state index in [0.717, 1.165) is 5.56 Å². The second-order valence-electron chi connectivity index (χ2n) is 4.97. The van der Waals surface area contributed by atoms with Gasteiger partial charge in [0.1, 0.15) is 11.5 Å². The standard InChI is InChI=1S/C19H18N2O3/c1-2-6-15-8-5-9-16(19(15)24)13-20-21-18(23)12-11-14-7-3-4-10-17(14)22/h2-5,7-13,22,24H,1,6H2,(H,21,23). The first-order valence-corrected chi connectivity index (χ1v) is 7.32. The third-order valence-corrected chi connectivity index (χ3v) is 3.24. The molecular weight excluding hydrogens is 304 g/mol. The Hall–Kier alpha value is -3.34. The van der Waals surface area contributed by atoms with Crippen molar-refractivity contribution in [2.75, 3.05) is 0 Å². The van der Waals surface area contributed by atoms with Crippen molar-refractivity contribution in [1.82, 2.24) is 5.43 Å². The Labute approximate surface area is 140 Å². The third kappa shape index (κ3) is 4.58. The summed E-state index contributed by atoms with van der Waals surface area (Å²) in [4.78, 5) is 11.7. The van der Waals surface area contributed by atoms with E-state index in [1.54, 1.807) is 42.5 Å². The molecule has 0 bridgehead atoms. The number of carbonyl (C=O) groups excluding carboxylic acids is 1. The average Bonchev–Trinajstić information content (AvgIpc) is 2.57. The molecule has 122 valence electrons. The normalized spacial score (nSPS) is 11.0. The van der Waals surface area contributed by atoms with Gasteiger partial charge in [0.2, 0.25) is 0 Å². The van der Waals surface area contributed by atoms with Gasteiger partial charge in [-0.1, -0.05) is 36.4 Å². The van der Waals surface area contributed by atoms with Crippen LogP contribution >= 0.6 is 0 Å². The number of hydrogen-bond acceptors (Lipinski definition) is 4. The molecule has 0 saturated heterocycles. The Morgan fingerprint density at radius 3 is 2.62 bits per heavy atom. The number of hydrogen-bond donors (Lipinski definition) is 3. The highest BCUT2D eigenvalue weighted by molar-refractivity contribution is 5.93. The SMILES string of the molecule is C=CCc1cccc(C=NNC(=O)C=Cc2ccccc2O)c1O. The molecule has 2 rings (SSSR count). The van der Waals surface area contributed by atoms with Crippen LogP contribution in [0.2, 0.25) is 0 Å². The van der Waals surface area contributed by atoms with Crippen molar-refractivity contribution in [2.45, 2.75) is 6.42 Å². The Morgan fingerprint density at radius 1 is 1.12 bits per heavy atom. The van der Waals surface area contributed by atoms with Crippen molar-refractivity contribution in [3.8, 4) is 11.5 Å². The number of phenolic OH excluding ortho intramolecular Hbond substituents is 2. The molecule has 0 spiro atoms. The predicted molar refractivity (Wildman–Crippen MR) is 94.9 cm³/mol. The van der Waals surface area contributed by atoms with Gasteiger partial charge >= 0.3 is 0 Å². The van der Waals surface area contributed by atoms with Crippen LogP contribution in [-0.2, 0) is 11.2 Å². The largest absolute Gasteiger partial charge is 0.507 e. The molecule has 0 aromatic heterocycles. The van der Waals surface area contributed by atoms with Crippen LogP contribution in [0.15, 0.2) is 66.3 Å². The Kier molecular flexibility index (Phi) is 5.91. The number of carbonyl (C=O) groups is 1. The molecule has 0 aliphatic carbocycles. The fraction of sp³-hybridized carbons (Fsp3) is 0.0526. The molecule has 0 atom stereocenters. The second kappa shape index (κ2) is 8.33. The van der Waals surface area contributed by atoms with E-state index in [2.05, 4.69) is 17.1 Å². The number of para-hydroxylation sites is 2. The number of allylic oxidation sites excluding steroid dienone is 1. The Morgan fingerprint density at radius 2 is 1.88 bits per heavy atom. The van der Waals surface area contributed by atoms with Crippen LogP contribution in [0.4, 0.5) is 0 Å². The van der Waals surface area contributed by atoms with Gasteiger partial charge in [0.05, 0.1) is 6.21 Å². The number of phenols is 2. The van der Waals surface area contributed by atoms with Crippen LogP contribution in [0.3, 0.4) is 0 Å². The minimum atomic E-state index is -0.448. The van der Waals surface area contributed by atoms with Crippen molar-refractivity contribution in [2.24, 2.45) is 5.10 Å². The minimum Gasteiger partial charge on any atom is -0.507 e. The van der Waals surface area contributed by atoms with Gasteiger partial charge in [-0.2, -0.15) is 5.10 Å². The minimum absolute atomic E-state index is 0.0917. The van der Waals surface area contributed by atoms with Crippen molar-refractivity contribution >= 4 is 18.2 Å². The highest BCUT2D eigenvalue weighted by Crippen LogP contribution is 2.21. The number of nitrogens with zero attached hydrogens (tertiary/aromatic N) is 1. The topological polar surface area (TPSA) is 81.9 Å². The summed E-state index contributed by atoms with van der Waals surface area (Å²) in [5.41, 5.74) is 4.10. The van der Waals surface area contributed by atoms with Crippen LogP contribution in [0.5, 0.6) is 11.5 Å². The summed E-state index contributed by atoms with van der Waals surface area (Å²) < 4.78 is 0. The quantitative estimate of drug-likeness (QED) is 0.331. The lowest BCUT2D eigenvalue weighted by atomic mass is 10.1. The molecule has 5 nitrogen and oxygen atoms in total. The Bertz CT molecular complexity index is 795. The Balaban J connectivity index is 1.99. The molecule has 24 heavy (non-hydrogen) atoms. The van der Waals surface area contributed by atoms with E-state index < -0.39 is 5.91 Å². The first-order valence-electron chi connectivity index (χ1n) is 7.32. The summed E-state index contributed by atoms with van der Waals surface area (Å²) in [6.07, 6.45) is 6.36. The number of amides is 1.